The molecule has 0 radical (unpaired) electrons. The van der Waals surface area contributed by atoms with Crippen LogP contribution < -0.4 is 0 Å². The maximum atomic E-state index is 11.0. The molecule has 2 aromatic carbocycles. The standard InChI is InChI=1S/C14H8BrClN2O5/c15-8-3-7(13(19)12(4-8)18(22)23)6-17-9-1-2-11(16)10(5-9)14(20)21/h1-6,19H,(H,20,21). The molecule has 0 atom stereocenters. The highest BCUT2D eigenvalue weighted by molar-refractivity contribution is 9.10. The van der Waals surface area contributed by atoms with E-state index in [1.165, 1.54) is 30.5 Å². The van der Waals surface area contributed by atoms with Gasteiger partial charge in [0, 0.05) is 22.3 Å². The second kappa shape index (κ2) is 6.76. The number of nitro benzene ring substituents is 1. The summed E-state index contributed by atoms with van der Waals surface area (Å²) in [5, 5.41) is 29.8. The van der Waals surface area contributed by atoms with E-state index in [9.17, 15) is 20.0 Å². The molecule has 0 unspecified atom stereocenters. The van der Waals surface area contributed by atoms with Gasteiger partial charge >= 0.3 is 11.7 Å². The van der Waals surface area contributed by atoms with Crippen LogP contribution in [0.25, 0.3) is 0 Å². The molecule has 0 fully saturated rings. The number of aromatic carboxylic acids is 1. The number of rotatable bonds is 4. The van der Waals surface area contributed by atoms with Gasteiger partial charge in [-0.3, -0.25) is 15.1 Å². The molecule has 118 valence electrons. The summed E-state index contributed by atoms with van der Waals surface area (Å²) in [5.74, 6) is -1.73. The van der Waals surface area contributed by atoms with Crippen molar-refractivity contribution in [1.82, 2.24) is 0 Å². The van der Waals surface area contributed by atoms with Gasteiger partial charge in [-0.25, -0.2) is 4.79 Å². The van der Waals surface area contributed by atoms with Gasteiger partial charge in [0.05, 0.1) is 21.2 Å². The number of carboxylic acid groups (broad SMARTS) is 1. The monoisotopic (exact) mass is 398 g/mol. The number of hydrogen-bond acceptors (Lipinski definition) is 5. The maximum Gasteiger partial charge on any atom is 0.337 e. The van der Waals surface area contributed by atoms with Crippen molar-refractivity contribution in [1.29, 1.82) is 0 Å². The van der Waals surface area contributed by atoms with Crippen LogP contribution in [0, 0.1) is 10.1 Å². The SMILES string of the molecule is O=C(O)c1cc(N=Cc2cc(Br)cc([N+](=O)[O-])c2O)ccc1Cl. The molecular formula is C14H8BrClN2O5. The molecule has 0 saturated carbocycles. The molecule has 23 heavy (non-hydrogen) atoms. The molecule has 0 saturated heterocycles. The first-order valence-electron chi connectivity index (χ1n) is 6.03. The lowest BCUT2D eigenvalue weighted by Gasteiger charge is -2.03. The molecule has 0 bridgehead atoms. The molecule has 0 spiro atoms. The van der Waals surface area contributed by atoms with Gasteiger partial charge in [-0.1, -0.05) is 27.5 Å². The van der Waals surface area contributed by atoms with Crippen LogP contribution in [0.5, 0.6) is 5.75 Å². The Bertz CT molecular complexity index is 838. The second-order valence-electron chi connectivity index (χ2n) is 4.35. The van der Waals surface area contributed by atoms with E-state index < -0.39 is 22.3 Å². The van der Waals surface area contributed by atoms with Crippen molar-refractivity contribution >= 4 is 51.1 Å². The van der Waals surface area contributed by atoms with Gasteiger partial charge in [0.1, 0.15) is 0 Å². The summed E-state index contributed by atoms with van der Waals surface area (Å²) in [4.78, 5) is 25.2. The fourth-order valence-electron chi connectivity index (χ4n) is 1.74. The van der Waals surface area contributed by atoms with Crippen molar-refractivity contribution in [3.05, 3.63) is 61.1 Å². The highest BCUT2D eigenvalue weighted by Gasteiger charge is 2.17. The molecule has 0 aliphatic rings. The minimum absolute atomic E-state index is 0.0670. The fraction of sp³-hybridized carbons (Fsp3) is 0. The van der Waals surface area contributed by atoms with Crippen LogP contribution >= 0.6 is 27.5 Å². The number of aliphatic imine (C=N–C) groups is 1. The van der Waals surface area contributed by atoms with Crippen LogP contribution in [0.15, 0.2) is 39.8 Å². The summed E-state index contributed by atoms with van der Waals surface area (Å²) >= 11 is 8.87. The summed E-state index contributed by atoms with van der Waals surface area (Å²) < 4.78 is 0.394. The van der Waals surface area contributed by atoms with Crippen LogP contribution in [0.2, 0.25) is 5.02 Å². The van der Waals surface area contributed by atoms with Crippen molar-refractivity contribution in [2.75, 3.05) is 0 Å². The first-order chi connectivity index (χ1) is 10.8. The summed E-state index contributed by atoms with van der Waals surface area (Å²) in [5.41, 5.74) is -0.208. The average Bonchev–Trinajstić information content (AvgIpc) is 2.48. The van der Waals surface area contributed by atoms with Crippen LogP contribution in [-0.2, 0) is 0 Å². The Hall–Kier alpha value is -2.45. The van der Waals surface area contributed by atoms with E-state index in [1.807, 2.05) is 0 Å². The average molecular weight is 400 g/mol. The highest BCUT2D eigenvalue weighted by Crippen LogP contribution is 2.33. The molecule has 0 amide bonds. The molecular weight excluding hydrogens is 392 g/mol. The number of aromatic hydroxyl groups is 1. The van der Waals surface area contributed by atoms with E-state index in [0.717, 1.165) is 6.07 Å². The lowest BCUT2D eigenvalue weighted by Crippen LogP contribution is -1.96. The van der Waals surface area contributed by atoms with Crippen LogP contribution in [-0.4, -0.2) is 27.3 Å². The number of phenolic OH excluding ortho intramolecular Hbond substituents is 1. The number of hydrogen-bond donors (Lipinski definition) is 2. The second-order valence-corrected chi connectivity index (χ2v) is 5.67. The summed E-state index contributed by atoms with van der Waals surface area (Å²) in [6, 6.07) is 6.72. The Morgan fingerprint density at radius 1 is 1.35 bits per heavy atom. The Morgan fingerprint density at radius 3 is 2.65 bits per heavy atom. The van der Waals surface area contributed by atoms with Crippen molar-refractivity contribution in [2.24, 2.45) is 4.99 Å². The lowest BCUT2D eigenvalue weighted by atomic mass is 10.2. The van der Waals surface area contributed by atoms with Crippen LogP contribution in [0.1, 0.15) is 15.9 Å². The number of carbonyl (C=O) groups is 1. The molecule has 2 aromatic rings. The van der Waals surface area contributed by atoms with Gasteiger partial charge in [-0.15, -0.1) is 0 Å². The smallest absolute Gasteiger partial charge is 0.337 e. The van der Waals surface area contributed by atoms with Gasteiger partial charge in [0.2, 0.25) is 5.75 Å². The van der Waals surface area contributed by atoms with Crippen molar-refractivity contribution < 1.29 is 19.9 Å². The number of nitro groups is 1. The lowest BCUT2D eigenvalue weighted by molar-refractivity contribution is -0.385. The largest absolute Gasteiger partial charge is 0.502 e. The zero-order valence-electron chi connectivity index (χ0n) is 11.2. The third-order valence-electron chi connectivity index (χ3n) is 2.81. The molecule has 0 heterocycles. The maximum absolute atomic E-state index is 11.0. The van der Waals surface area contributed by atoms with Gasteiger partial charge in [0.15, 0.2) is 0 Å². The first-order valence-corrected chi connectivity index (χ1v) is 7.20. The Kier molecular flexibility index (Phi) is 4.97. The van der Waals surface area contributed by atoms with Crippen molar-refractivity contribution in [3.8, 4) is 5.75 Å². The van der Waals surface area contributed by atoms with Gasteiger partial charge < -0.3 is 10.2 Å². The van der Waals surface area contributed by atoms with Crippen LogP contribution in [0.3, 0.4) is 0 Å². The minimum atomic E-state index is -1.20. The van der Waals surface area contributed by atoms with Crippen LogP contribution in [0.4, 0.5) is 11.4 Å². The number of benzene rings is 2. The van der Waals surface area contributed by atoms with E-state index in [4.69, 9.17) is 16.7 Å². The molecule has 2 rings (SSSR count). The normalized spacial score (nSPS) is 10.9. The third-order valence-corrected chi connectivity index (χ3v) is 3.60. The Morgan fingerprint density at radius 2 is 2.04 bits per heavy atom. The van der Waals surface area contributed by atoms with E-state index in [2.05, 4.69) is 20.9 Å². The van der Waals surface area contributed by atoms with E-state index in [-0.39, 0.29) is 21.8 Å². The molecule has 2 N–H and O–H groups in total. The fourth-order valence-corrected chi connectivity index (χ4v) is 2.41. The Labute approximate surface area is 143 Å². The van der Waals surface area contributed by atoms with Gasteiger partial charge in [-0.05, 0) is 24.3 Å². The molecule has 7 nitrogen and oxygen atoms in total. The van der Waals surface area contributed by atoms with E-state index in [1.54, 1.807) is 0 Å². The number of phenols is 1. The number of nitrogens with zero attached hydrogens (tertiary/aromatic N) is 2. The first kappa shape index (κ1) is 16.9. The van der Waals surface area contributed by atoms with Crippen molar-refractivity contribution in [2.45, 2.75) is 0 Å². The topological polar surface area (TPSA) is 113 Å². The van der Waals surface area contributed by atoms with E-state index >= 15 is 0 Å². The third kappa shape index (κ3) is 3.85. The zero-order valence-corrected chi connectivity index (χ0v) is 13.6. The van der Waals surface area contributed by atoms with Crippen molar-refractivity contribution in [3.63, 3.8) is 0 Å². The van der Waals surface area contributed by atoms with Gasteiger partial charge in [-0.2, -0.15) is 0 Å². The van der Waals surface area contributed by atoms with Gasteiger partial charge in [0.25, 0.3) is 0 Å². The molecule has 0 aliphatic heterocycles. The highest BCUT2D eigenvalue weighted by atomic mass is 79.9. The summed E-state index contributed by atoms with van der Waals surface area (Å²) in [7, 11) is 0. The number of carboxylic acids is 1. The molecule has 0 aliphatic carbocycles. The summed E-state index contributed by atoms with van der Waals surface area (Å²) in [6.45, 7) is 0. The molecule has 9 heteroatoms. The minimum Gasteiger partial charge on any atom is -0.502 e. The quantitative estimate of drug-likeness (QED) is 0.455. The molecule has 0 aromatic heterocycles. The zero-order chi connectivity index (χ0) is 17.1. The Balaban J connectivity index is 2.43. The van der Waals surface area contributed by atoms with E-state index in [0.29, 0.717) is 4.47 Å². The number of halogens is 2. The summed E-state index contributed by atoms with van der Waals surface area (Å²) in [6.07, 6.45) is 1.20. The predicted molar refractivity (Wildman–Crippen MR) is 88.1 cm³/mol. The predicted octanol–water partition coefficient (Wildman–Crippen LogP) is 4.17.